The van der Waals surface area contributed by atoms with Crippen LogP contribution in [0.1, 0.15) is 24.0 Å². The summed E-state index contributed by atoms with van der Waals surface area (Å²) in [4.78, 5) is 12.5. The van der Waals surface area contributed by atoms with E-state index in [4.69, 9.17) is 23.2 Å². The van der Waals surface area contributed by atoms with Crippen LogP contribution in [-0.2, 0) is 27.1 Å². The van der Waals surface area contributed by atoms with E-state index in [1.54, 1.807) is 36.4 Å². The lowest BCUT2D eigenvalue weighted by atomic mass is 9.99. The van der Waals surface area contributed by atoms with Crippen LogP contribution in [0.4, 0.5) is 0 Å². The molecular weight excluding hydrogens is 419 g/mol. The fraction of sp³-hybridized carbons (Fsp3) is 0.350. The van der Waals surface area contributed by atoms with E-state index in [1.807, 2.05) is 12.1 Å². The maximum atomic E-state index is 12.8. The molecule has 0 radical (unpaired) electrons. The van der Waals surface area contributed by atoms with Crippen LogP contribution in [0.5, 0.6) is 0 Å². The van der Waals surface area contributed by atoms with Gasteiger partial charge in [0.15, 0.2) is 0 Å². The van der Waals surface area contributed by atoms with Gasteiger partial charge in [-0.2, -0.15) is 0 Å². The van der Waals surface area contributed by atoms with E-state index >= 15 is 0 Å². The molecule has 1 aliphatic heterocycles. The van der Waals surface area contributed by atoms with Gasteiger partial charge in [0.25, 0.3) is 0 Å². The maximum Gasteiger partial charge on any atom is 0.224 e. The molecule has 3 rings (SSSR count). The standard InChI is InChI=1S/C20H22Cl2N2O3S/c21-18-7-3-15(4-8-18)12-23-20(25)17-2-1-11-24(13-17)28(26,27)14-16-5-9-19(22)10-6-16/h3-10,17H,1-2,11-14H2,(H,23,25)/t17-/m0/s1. The minimum absolute atomic E-state index is 0.0940. The number of piperidine rings is 1. The van der Waals surface area contributed by atoms with Crippen LogP contribution >= 0.6 is 23.2 Å². The second-order valence-electron chi connectivity index (χ2n) is 6.92. The summed E-state index contributed by atoms with van der Waals surface area (Å²) in [6, 6.07) is 14.0. The van der Waals surface area contributed by atoms with Gasteiger partial charge in [0.05, 0.1) is 11.7 Å². The van der Waals surface area contributed by atoms with Gasteiger partial charge in [-0.1, -0.05) is 47.5 Å². The first-order valence-corrected chi connectivity index (χ1v) is 11.4. The number of benzene rings is 2. The molecule has 0 aliphatic carbocycles. The number of nitrogens with zero attached hydrogens (tertiary/aromatic N) is 1. The second-order valence-corrected chi connectivity index (χ2v) is 9.77. The van der Waals surface area contributed by atoms with Crippen molar-refractivity contribution in [3.63, 3.8) is 0 Å². The Labute approximate surface area is 175 Å². The van der Waals surface area contributed by atoms with Crippen molar-refractivity contribution >= 4 is 39.1 Å². The lowest BCUT2D eigenvalue weighted by Crippen LogP contribution is -2.45. The van der Waals surface area contributed by atoms with Gasteiger partial charge >= 0.3 is 0 Å². The normalized spacial score (nSPS) is 18.0. The number of carbonyl (C=O) groups is 1. The van der Waals surface area contributed by atoms with E-state index in [0.29, 0.717) is 41.5 Å². The third kappa shape index (κ3) is 5.70. The molecule has 1 heterocycles. The molecule has 1 aliphatic rings. The summed E-state index contributed by atoms with van der Waals surface area (Å²) < 4.78 is 27.0. The summed E-state index contributed by atoms with van der Waals surface area (Å²) in [5.74, 6) is -0.564. The molecule has 0 unspecified atom stereocenters. The third-order valence-corrected chi connectivity index (χ3v) is 7.11. The fourth-order valence-corrected chi connectivity index (χ4v) is 5.09. The summed E-state index contributed by atoms with van der Waals surface area (Å²) in [6.07, 6.45) is 1.35. The molecule has 1 N–H and O–H groups in total. The Balaban J connectivity index is 1.58. The van der Waals surface area contributed by atoms with Crippen LogP contribution < -0.4 is 5.32 Å². The van der Waals surface area contributed by atoms with Gasteiger partial charge in [0.1, 0.15) is 0 Å². The SMILES string of the molecule is O=C(NCc1ccc(Cl)cc1)[C@H]1CCCN(S(=O)(=O)Cc2ccc(Cl)cc2)C1. The fourth-order valence-electron chi connectivity index (χ4n) is 3.23. The van der Waals surface area contributed by atoms with Crippen LogP contribution in [0.25, 0.3) is 0 Å². The van der Waals surface area contributed by atoms with Crippen molar-refractivity contribution in [2.24, 2.45) is 5.92 Å². The van der Waals surface area contributed by atoms with E-state index < -0.39 is 10.0 Å². The molecule has 0 bridgehead atoms. The monoisotopic (exact) mass is 440 g/mol. The number of sulfonamides is 1. The van der Waals surface area contributed by atoms with Crippen molar-refractivity contribution in [3.05, 3.63) is 69.7 Å². The van der Waals surface area contributed by atoms with E-state index in [-0.39, 0.29) is 24.1 Å². The molecule has 2 aromatic carbocycles. The molecule has 8 heteroatoms. The Kier molecular flexibility index (Phi) is 6.99. The van der Waals surface area contributed by atoms with Crippen molar-refractivity contribution in [2.45, 2.75) is 25.1 Å². The maximum absolute atomic E-state index is 12.8. The molecule has 1 saturated heterocycles. The van der Waals surface area contributed by atoms with Crippen LogP contribution in [0.15, 0.2) is 48.5 Å². The van der Waals surface area contributed by atoms with Gasteiger partial charge in [-0.25, -0.2) is 12.7 Å². The Bertz CT molecular complexity index is 915. The van der Waals surface area contributed by atoms with E-state index in [9.17, 15) is 13.2 Å². The van der Waals surface area contributed by atoms with Crippen LogP contribution in [-0.4, -0.2) is 31.7 Å². The second kappa shape index (κ2) is 9.27. The van der Waals surface area contributed by atoms with Crippen molar-refractivity contribution < 1.29 is 13.2 Å². The zero-order valence-electron chi connectivity index (χ0n) is 15.3. The molecule has 2 aromatic rings. The first-order chi connectivity index (χ1) is 13.3. The minimum atomic E-state index is -3.49. The molecule has 0 saturated carbocycles. The smallest absolute Gasteiger partial charge is 0.224 e. The van der Waals surface area contributed by atoms with E-state index in [1.165, 1.54) is 4.31 Å². The lowest BCUT2D eigenvalue weighted by Gasteiger charge is -2.31. The number of amides is 1. The number of carbonyl (C=O) groups excluding carboxylic acids is 1. The highest BCUT2D eigenvalue weighted by Crippen LogP contribution is 2.22. The molecule has 0 aromatic heterocycles. The molecule has 5 nitrogen and oxygen atoms in total. The summed E-state index contributed by atoms with van der Waals surface area (Å²) in [6.45, 7) is 1.04. The average molecular weight is 441 g/mol. The molecule has 1 fully saturated rings. The predicted molar refractivity (Wildman–Crippen MR) is 112 cm³/mol. The Morgan fingerprint density at radius 3 is 2.18 bits per heavy atom. The third-order valence-electron chi connectivity index (χ3n) is 4.79. The van der Waals surface area contributed by atoms with Crippen LogP contribution in [0.3, 0.4) is 0 Å². The topological polar surface area (TPSA) is 66.5 Å². The molecule has 1 atom stereocenters. The van der Waals surface area contributed by atoms with Crippen LogP contribution in [0, 0.1) is 5.92 Å². The molecule has 28 heavy (non-hydrogen) atoms. The Hall–Kier alpha value is -1.60. The zero-order chi connectivity index (χ0) is 20.1. The number of hydrogen-bond donors (Lipinski definition) is 1. The average Bonchev–Trinajstić information content (AvgIpc) is 2.69. The highest BCUT2D eigenvalue weighted by molar-refractivity contribution is 7.88. The molecule has 0 spiro atoms. The zero-order valence-corrected chi connectivity index (χ0v) is 17.6. The largest absolute Gasteiger partial charge is 0.352 e. The van der Waals surface area contributed by atoms with Gasteiger partial charge in [-0.15, -0.1) is 0 Å². The highest BCUT2D eigenvalue weighted by Gasteiger charge is 2.32. The quantitative estimate of drug-likeness (QED) is 0.741. The summed E-state index contributed by atoms with van der Waals surface area (Å²) >= 11 is 11.7. The van der Waals surface area contributed by atoms with Crippen LogP contribution in [0.2, 0.25) is 10.0 Å². The van der Waals surface area contributed by atoms with Gasteiger partial charge in [-0.05, 0) is 48.2 Å². The minimum Gasteiger partial charge on any atom is -0.352 e. The predicted octanol–water partition coefficient (Wildman–Crippen LogP) is 3.85. The Morgan fingerprint density at radius 2 is 1.57 bits per heavy atom. The van der Waals surface area contributed by atoms with Crippen molar-refractivity contribution in [2.75, 3.05) is 13.1 Å². The number of hydrogen-bond acceptors (Lipinski definition) is 3. The Morgan fingerprint density at radius 1 is 1.00 bits per heavy atom. The van der Waals surface area contributed by atoms with E-state index in [0.717, 1.165) is 5.56 Å². The van der Waals surface area contributed by atoms with Gasteiger partial charge in [0.2, 0.25) is 15.9 Å². The summed E-state index contributed by atoms with van der Waals surface area (Å²) in [5, 5.41) is 4.11. The number of nitrogens with one attached hydrogen (secondary N) is 1. The van der Waals surface area contributed by atoms with Crippen molar-refractivity contribution in [1.82, 2.24) is 9.62 Å². The first kappa shape index (κ1) is 21.1. The van der Waals surface area contributed by atoms with Crippen molar-refractivity contribution in [3.8, 4) is 0 Å². The first-order valence-electron chi connectivity index (χ1n) is 9.08. The highest BCUT2D eigenvalue weighted by atomic mass is 35.5. The van der Waals surface area contributed by atoms with Crippen molar-refractivity contribution in [1.29, 1.82) is 0 Å². The molecular formula is C20H22Cl2N2O3S. The lowest BCUT2D eigenvalue weighted by molar-refractivity contribution is -0.126. The summed E-state index contributed by atoms with van der Waals surface area (Å²) in [5.41, 5.74) is 1.62. The number of rotatable bonds is 6. The molecule has 150 valence electrons. The van der Waals surface area contributed by atoms with Gasteiger partial charge in [0, 0.05) is 29.7 Å². The van der Waals surface area contributed by atoms with E-state index in [2.05, 4.69) is 5.32 Å². The molecule has 1 amide bonds. The number of halogens is 2. The summed E-state index contributed by atoms with van der Waals surface area (Å²) in [7, 11) is -3.49. The van der Waals surface area contributed by atoms with Gasteiger partial charge in [-0.3, -0.25) is 4.79 Å². The van der Waals surface area contributed by atoms with Gasteiger partial charge < -0.3 is 5.32 Å².